The second-order valence-electron chi connectivity index (χ2n) is 6.54. The summed E-state index contributed by atoms with van der Waals surface area (Å²) in [6.45, 7) is 3.89. The predicted octanol–water partition coefficient (Wildman–Crippen LogP) is 6.54. The van der Waals surface area contributed by atoms with Crippen LogP contribution in [0.25, 0.3) is 21.5 Å². The molecule has 0 aliphatic rings. The smallest absolute Gasteiger partial charge is 0.171 e. The van der Waals surface area contributed by atoms with Gasteiger partial charge in [0.2, 0.25) is 0 Å². The quantitative estimate of drug-likeness (QED) is 0.299. The molecule has 4 rings (SSSR count). The Labute approximate surface area is 153 Å². The molecule has 1 heteroatoms. The minimum atomic E-state index is -0.232. The number of hydrogen-bond donors (Lipinski definition) is 0. The molecule has 0 amide bonds. The van der Waals surface area contributed by atoms with Crippen LogP contribution < -0.4 is 0 Å². The van der Waals surface area contributed by atoms with Crippen molar-refractivity contribution < 1.29 is 4.79 Å². The fraction of sp³-hybridized carbons (Fsp3) is 0.0800. The van der Waals surface area contributed by atoms with Crippen LogP contribution in [0.5, 0.6) is 0 Å². The zero-order valence-electron chi connectivity index (χ0n) is 14.6. The Morgan fingerprint density at radius 1 is 0.769 bits per heavy atom. The molecule has 1 nitrogen and oxygen atoms in total. The molecule has 0 aliphatic heterocycles. The standard InChI is InChI=1S/C25H20O/c1-2-9-23(22-16-7-12-18-10-3-5-14-20(18)22)25(26)24-17-8-13-19-11-4-6-15-21(19)24/h2-8,10-17,23H,1,9H2. The zero-order chi connectivity index (χ0) is 17.9. The van der Waals surface area contributed by atoms with Gasteiger partial charge >= 0.3 is 0 Å². The van der Waals surface area contributed by atoms with Crippen molar-refractivity contribution in [1.29, 1.82) is 0 Å². The van der Waals surface area contributed by atoms with Gasteiger partial charge in [-0.05, 0) is 33.5 Å². The van der Waals surface area contributed by atoms with Gasteiger partial charge in [-0.25, -0.2) is 0 Å². The third-order valence-electron chi connectivity index (χ3n) is 4.97. The van der Waals surface area contributed by atoms with Crippen LogP contribution in [-0.4, -0.2) is 5.78 Å². The molecule has 0 saturated heterocycles. The Balaban J connectivity index is 1.88. The molecule has 4 aromatic carbocycles. The van der Waals surface area contributed by atoms with Crippen molar-refractivity contribution in [2.45, 2.75) is 12.3 Å². The van der Waals surface area contributed by atoms with Crippen LogP contribution >= 0.6 is 0 Å². The lowest BCUT2D eigenvalue weighted by atomic mass is 9.84. The molecule has 0 aromatic heterocycles. The molecule has 1 unspecified atom stereocenters. The lowest BCUT2D eigenvalue weighted by molar-refractivity contribution is 0.0962. The normalized spacial score (nSPS) is 12.2. The van der Waals surface area contributed by atoms with E-state index in [2.05, 4.69) is 30.8 Å². The van der Waals surface area contributed by atoms with Crippen molar-refractivity contribution in [3.63, 3.8) is 0 Å². The summed E-state index contributed by atoms with van der Waals surface area (Å²) in [5.74, 6) is -0.0811. The molecular weight excluding hydrogens is 316 g/mol. The first-order valence-electron chi connectivity index (χ1n) is 8.90. The molecule has 1 atom stereocenters. The number of fused-ring (bicyclic) bond motifs is 2. The lowest BCUT2D eigenvalue weighted by Crippen LogP contribution is -2.13. The van der Waals surface area contributed by atoms with Gasteiger partial charge in [-0.15, -0.1) is 6.58 Å². The van der Waals surface area contributed by atoms with Crippen molar-refractivity contribution in [2.75, 3.05) is 0 Å². The number of carbonyl (C=O) groups is 1. The molecule has 26 heavy (non-hydrogen) atoms. The fourth-order valence-electron chi connectivity index (χ4n) is 3.72. The monoisotopic (exact) mass is 336 g/mol. The molecular formula is C25H20O. The van der Waals surface area contributed by atoms with Gasteiger partial charge in [0.05, 0.1) is 5.92 Å². The van der Waals surface area contributed by atoms with Crippen LogP contribution in [-0.2, 0) is 0 Å². The van der Waals surface area contributed by atoms with E-state index in [-0.39, 0.29) is 11.7 Å². The molecule has 0 saturated carbocycles. The van der Waals surface area contributed by atoms with Crippen LogP contribution in [0.1, 0.15) is 28.3 Å². The summed E-state index contributed by atoms with van der Waals surface area (Å²) in [6, 6.07) is 28.4. The van der Waals surface area contributed by atoms with Gasteiger partial charge in [-0.1, -0.05) is 91.0 Å². The van der Waals surface area contributed by atoms with Crippen molar-refractivity contribution in [2.24, 2.45) is 0 Å². The van der Waals surface area contributed by atoms with E-state index in [1.807, 2.05) is 66.7 Å². The Hall–Kier alpha value is -3.19. The summed E-state index contributed by atoms with van der Waals surface area (Å²) in [6.07, 6.45) is 2.46. The number of ketones is 1. The van der Waals surface area contributed by atoms with Gasteiger partial charge in [0, 0.05) is 5.56 Å². The van der Waals surface area contributed by atoms with Crippen LogP contribution in [0.2, 0.25) is 0 Å². The minimum Gasteiger partial charge on any atom is -0.293 e. The number of allylic oxidation sites excluding steroid dienone is 1. The maximum Gasteiger partial charge on any atom is 0.171 e. The number of hydrogen-bond acceptors (Lipinski definition) is 1. The number of benzene rings is 4. The lowest BCUT2D eigenvalue weighted by Gasteiger charge is -2.18. The molecule has 0 fully saturated rings. The van der Waals surface area contributed by atoms with Crippen molar-refractivity contribution >= 4 is 27.3 Å². The molecule has 4 aromatic rings. The molecule has 0 radical (unpaired) electrons. The Bertz CT molecular complexity index is 1100. The zero-order valence-corrected chi connectivity index (χ0v) is 14.6. The van der Waals surface area contributed by atoms with Gasteiger partial charge in [0.15, 0.2) is 5.78 Å². The van der Waals surface area contributed by atoms with E-state index in [1.165, 1.54) is 0 Å². The van der Waals surface area contributed by atoms with Gasteiger partial charge in [0.25, 0.3) is 0 Å². The largest absolute Gasteiger partial charge is 0.293 e. The van der Waals surface area contributed by atoms with E-state index < -0.39 is 0 Å². The first kappa shape index (κ1) is 16.3. The maximum absolute atomic E-state index is 13.5. The Kier molecular flexibility index (Phi) is 4.37. The second-order valence-corrected chi connectivity index (χ2v) is 6.54. The first-order valence-corrected chi connectivity index (χ1v) is 8.90. The third kappa shape index (κ3) is 2.82. The summed E-state index contributed by atoms with van der Waals surface area (Å²) < 4.78 is 0. The topological polar surface area (TPSA) is 17.1 Å². The van der Waals surface area contributed by atoms with E-state index in [0.717, 1.165) is 32.7 Å². The highest BCUT2D eigenvalue weighted by Gasteiger charge is 2.23. The second kappa shape index (κ2) is 6.97. The molecule has 0 N–H and O–H groups in total. The molecule has 0 bridgehead atoms. The number of Topliss-reactive ketones (excluding diaryl/α,β-unsaturated/α-hetero) is 1. The van der Waals surface area contributed by atoms with E-state index in [0.29, 0.717) is 6.42 Å². The van der Waals surface area contributed by atoms with Crippen LogP contribution in [0.15, 0.2) is 97.6 Å². The van der Waals surface area contributed by atoms with Crippen LogP contribution in [0, 0.1) is 0 Å². The van der Waals surface area contributed by atoms with E-state index in [9.17, 15) is 4.79 Å². The van der Waals surface area contributed by atoms with Crippen molar-refractivity contribution in [3.8, 4) is 0 Å². The first-order chi connectivity index (χ1) is 12.8. The van der Waals surface area contributed by atoms with E-state index in [4.69, 9.17) is 0 Å². The van der Waals surface area contributed by atoms with Gasteiger partial charge in [0.1, 0.15) is 0 Å². The Morgan fingerprint density at radius 2 is 1.35 bits per heavy atom. The highest BCUT2D eigenvalue weighted by Crippen LogP contribution is 2.33. The highest BCUT2D eigenvalue weighted by atomic mass is 16.1. The van der Waals surface area contributed by atoms with Gasteiger partial charge < -0.3 is 0 Å². The summed E-state index contributed by atoms with van der Waals surface area (Å²) in [5.41, 5.74) is 1.85. The molecule has 126 valence electrons. The summed E-state index contributed by atoms with van der Waals surface area (Å²) in [4.78, 5) is 13.5. The summed E-state index contributed by atoms with van der Waals surface area (Å²) in [5, 5.41) is 4.39. The van der Waals surface area contributed by atoms with E-state index in [1.54, 1.807) is 0 Å². The average Bonchev–Trinajstić information content (AvgIpc) is 2.71. The van der Waals surface area contributed by atoms with Gasteiger partial charge in [-0.2, -0.15) is 0 Å². The fourth-order valence-corrected chi connectivity index (χ4v) is 3.72. The molecule has 0 heterocycles. The van der Waals surface area contributed by atoms with Crippen LogP contribution in [0.3, 0.4) is 0 Å². The predicted molar refractivity (Wildman–Crippen MR) is 110 cm³/mol. The van der Waals surface area contributed by atoms with Crippen LogP contribution in [0.4, 0.5) is 0 Å². The summed E-state index contributed by atoms with van der Waals surface area (Å²) >= 11 is 0. The highest BCUT2D eigenvalue weighted by molar-refractivity contribution is 6.12. The van der Waals surface area contributed by atoms with Crippen molar-refractivity contribution in [3.05, 3.63) is 109 Å². The van der Waals surface area contributed by atoms with Crippen molar-refractivity contribution in [1.82, 2.24) is 0 Å². The molecule has 0 spiro atoms. The Morgan fingerprint density at radius 3 is 2.08 bits per heavy atom. The van der Waals surface area contributed by atoms with Gasteiger partial charge in [-0.3, -0.25) is 4.79 Å². The molecule has 0 aliphatic carbocycles. The summed E-state index contributed by atoms with van der Waals surface area (Å²) in [7, 11) is 0. The maximum atomic E-state index is 13.5. The third-order valence-corrected chi connectivity index (χ3v) is 4.97. The number of rotatable bonds is 5. The van der Waals surface area contributed by atoms with E-state index >= 15 is 0 Å². The SMILES string of the molecule is C=CCC(C(=O)c1cccc2ccccc12)c1cccc2ccccc12. The minimum absolute atomic E-state index is 0.151. The number of carbonyl (C=O) groups excluding carboxylic acids is 1. The average molecular weight is 336 g/mol.